The molecule has 0 radical (unpaired) electrons. The summed E-state index contributed by atoms with van der Waals surface area (Å²) in [5.74, 6) is 0.204. The quantitative estimate of drug-likeness (QED) is 0.620. The molecular weight excluding hydrogens is 352 g/mol. The van der Waals surface area contributed by atoms with E-state index >= 15 is 0 Å². The molecule has 0 saturated carbocycles. The molecule has 28 heavy (non-hydrogen) atoms. The van der Waals surface area contributed by atoms with E-state index in [0.29, 0.717) is 23.5 Å². The van der Waals surface area contributed by atoms with Crippen LogP contribution in [0.1, 0.15) is 29.7 Å². The second-order valence-corrected chi connectivity index (χ2v) is 6.81. The van der Waals surface area contributed by atoms with Crippen molar-refractivity contribution in [3.63, 3.8) is 0 Å². The van der Waals surface area contributed by atoms with Gasteiger partial charge in [0.05, 0.1) is 13.2 Å². The largest absolute Gasteiger partial charge is 0.489 e. The molecule has 1 N–H and O–H groups in total. The second kappa shape index (κ2) is 8.72. The normalized spacial score (nSPS) is 14.0. The Bertz CT molecular complexity index is 891. The van der Waals surface area contributed by atoms with Crippen molar-refractivity contribution >= 4 is 5.97 Å². The van der Waals surface area contributed by atoms with Gasteiger partial charge in [-0.25, -0.2) is 0 Å². The summed E-state index contributed by atoms with van der Waals surface area (Å²) in [5, 5.41) is 11.1. The molecule has 4 nitrogen and oxygen atoms in total. The molecule has 0 aliphatic carbocycles. The van der Waals surface area contributed by atoms with Crippen LogP contribution in [0.15, 0.2) is 84.9 Å². The summed E-state index contributed by atoms with van der Waals surface area (Å²) in [5.41, 5.74) is 1.17. The number of aliphatic hydroxyl groups excluding tert-OH is 1. The first-order valence-electron chi connectivity index (χ1n) is 9.14. The third-order valence-electron chi connectivity index (χ3n) is 4.97. The molecule has 2 atom stereocenters. The molecule has 2 unspecified atom stereocenters. The summed E-state index contributed by atoms with van der Waals surface area (Å²) >= 11 is 0. The molecule has 144 valence electrons. The van der Waals surface area contributed by atoms with E-state index in [9.17, 15) is 9.90 Å². The molecule has 0 amide bonds. The number of esters is 1. The Labute approximate surface area is 165 Å². The minimum absolute atomic E-state index is 0.465. The Hall–Kier alpha value is -3.11. The topological polar surface area (TPSA) is 55.8 Å². The van der Waals surface area contributed by atoms with Gasteiger partial charge in [-0.2, -0.15) is 0 Å². The number of methoxy groups -OCH3 is 1. The van der Waals surface area contributed by atoms with E-state index in [0.717, 1.165) is 5.56 Å². The van der Waals surface area contributed by atoms with Gasteiger partial charge in [0.1, 0.15) is 17.8 Å². The fourth-order valence-corrected chi connectivity index (χ4v) is 3.20. The lowest BCUT2D eigenvalue weighted by Crippen LogP contribution is -2.40. The van der Waals surface area contributed by atoms with E-state index in [2.05, 4.69) is 0 Å². The van der Waals surface area contributed by atoms with Gasteiger partial charge in [0.25, 0.3) is 0 Å². The average molecular weight is 376 g/mol. The summed E-state index contributed by atoms with van der Waals surface area (Å²) in [6.07, 6.45) is -1.06. The summed E-state index contributed by atoms with van der Waals surface area (Å²) in [6.45, 7) is 2.16. The monoisotopic (exact) mass is 376 g/mol. The van der Waals surface area contributed by atoms with Crippen LogP contribution in [0.4, 0.5) is 0 Å². The highest BCUT2D eigenvalue weighted by Crippen LogP contribution is 2.38. The van der Waals surface area contributed by atoms with Crippen molar-refractivity contribution in [2.75, 3.05) is 7.11 Å². The molecule has 3 rings (SSSR count). The van der Waals surface area contributed by atoms with Gasteiger partial charge in [-0.05, 0) is 35.7 Å². The van der Waals surface area contributed by atoms with Crippen molar-refractivity contribution < 1.29 is 19.4 Å². The van der Waals surface area contributed by atoms with E-state index < -0.39 is 17.5 Å². The maximum absolute atomic E-state index is 12.6. The zero-order valence-corrected chi connectivity index (χ0v) is 16.0. The number of hydrogen-bond acceptors (Lipinski definition) is 4. The van der Waals surface area contributed by atoms with Gasteiger partial charge in [-0.1, -0.05) is 72.8 Å². The summed E-state index contributed by atoms with van der Waals surface area (Å²) < 4.78 is 10.8. The van der Waals surface area contributed by atoms with Crippen molar-refractivity contribution in [1.29, 1.82) is 0 Å². The molecule has 0 spiro atoms. The summed E-state index contributed by atoms with van der Waals surface area (Å²) in [4.78, 5) is 12.6. The van der Waals surface area contributed by atoms with Crippen molar-refractivity contribution in [2.45, 2.75) is 25.0 Å². The molecule has 0 fully saturated rings. The van der Waals surface area contributed by atoms with Gasteiger partial charge < -0.3 is 14.6 Å². The zero-order valence-electron chi connectivity index (χ0n) is 16.0. The van der Waals surface area contributed by atoms with Crippen molar-refractivity contribution in [2.24, 2.45) is 0 Å². The van der Waals surface area contributed by atoms with Crippen LogP contribution >= 0.6 is 0 Å². The molecule has 0 bridgehead atoms. The fourth-order valence-electron chi connectivity index (χ4n) is 3.20. The number of rotatable bonds is 7. The molecule has 3 aromatic rings. The van der Waals surface area contributed by atoms with Gasteiger partial charge in [0, 0.05) is 0 Å². The third kappa shape index (κ3) is 4.07. The first-order chi connectivity index (χ1) is 13.6. The molecule has 0 saturated heterocycles. The van der Waals surface area contributed by atoms with Crippen LogP contribution in [-0.4, -0.2) is 18.2 Å². The van der Waals surface area contributed by atoms with Crippen LogP contribution in [0, 0.1) is 0 Å². The number of carbonyl (C=O) groups is 1. The molecule has 0 aromatic heterocycles. The fraction of sp³-hybridized carbons (Fsp3) is 0.208. The molecule has 4 heteroatoms. The summed E-state index contributed by atoms with van der Waals surface area (Å²) in [6, 6.07) is 26.2. The number of carbonyl (C=O) groups excluding carboxylic acids is 1. The predicted octanol–water partition coefficient (Wildman–Crippen LogP) is 4.43. The van der Waals surface area contributed by atoms with Crippen molar-refractivity contribution in [3.8, 4) is 5.75 Å². The molecule has 0 aliphatic heterocycles. The average Bonchev–Trinajstić information content (AvgIpc) is 2.77. The Balaban J connectivity index is 1.80. The highest BCUT2D eigenvalue weighted by atomic mass is 16.5. The molecule has 0 aliphatic rings. The van der Waals surface area contributed by atoms with E-state index in [1.807, 2.05) is 60.7 Å². The van der Waals surface area contributed by atoms with Crippen LogP contribution in [-0.2, 0) is 21.6 Å². The van der Waals surface area contributed by atoms with Crippen LogP contribution in [0.25, 0.3) is 0 Å². The van der Waals surface area contributed by atoms with Crippen LogP contribution in [0.5, 0.6) is 5.75 Å². The first-order valence-corrected chi connectivity index (χ1v) is 9.14. The number of aliphatic hydroxyl groups is 1. The number of hydrogen-bond donors (Lipinski definition) is 1. The number of benzene rings is 3. The lowest BCUT2D eigenvalue weighted by Gasteiger charge is -2.32. The maximum Gasteiger partial charge on any atom is 0.319 e. The highest BCUT2D eigenvalue weighted by molar-refractivity contribution is 5.83. The molecule has 3 aromatic carbocycles. The van der Waals surface area contributed by atoms with Crippen molar-refractivity contribution in [1.82, 2.24) is 0 Å². The SMILES string of the molecule is COC(=O)C(C)(c1ccccc1)C(O)c1ccc(OCc2ccccc2)cc1. The minimum Gasteiger partial charge on any atom is -0.489 e. The highest BCUT2D eigenvalue weighted by Gasteiger charge is 2.44. The Morgan fingerprint density at radius 2 is 1.50 bits per heavy atom. The molecular formula is C24H24O4. The second-order valence-electron chi connectivity index (χ2n) is 6.81. The lowest BCUT2D eigenvalue weighted by molar-refractivity contribution is -0.152. The number of ether oxygens (including phenoxy) is 2. The van der Waals surface area contributed by atoms with Crippen LogP contribution in [0.3, 0.4) is 0 Å². The first kappa shape index (κ1) is 19.6. The maximum atomic E-state index is 12.6. The van der Waals surface area contributed by atoms with Gasteiger partial charge in [0.2, 0.25) is 0 Å². The third-order valence-corrected chi connectivity index (χ3v) is 4.97. The van der Waals surface area contributed by atoms with Gasteiger partial charge >= 0.3 is 5.97 Å². The van der Waals surface area contributed by atoms with E-state index in [1.54, 1.807) is 31.2 Å². The standard InChI is InChI=1S/C24H24O4/c1-24(23(26)27-2,20-11-7-4-8-12-20)22(25)19-13-15-21(16-14-19)28-17-18-9-5-3-6-10-18/h3-16,22,25H,17H2,1-2H3. The summed E-state index contributed by atoms with van der Waals surface area (Å²) in [7, 11) is 1.33. The minimum atomic E-state index is -1.22. The van der Waals surface area contributed by atoms with Gasteiger partial charge in [0.15, 0.2) is 0 Å². The smallest absolute Gasteiger partial charge is 0.319 e. The Morgan fingerprint density at radius 1 is 0.929 bits per heavy atom. The van der Waals surface area contributed by atoms with Crippen molar-refractivity contribution in [3.05, 3.63) is 102 Å². The van der Waals surface area contributed by atoms with E-state index in [4.69, 9.17) is 9.47 Å². The van der Waals surface area contributed by atoms with Gasteiger partial charge in [-0.3, -0.25) is 4.79 Å². The van der Waals surface area contributed by atoms with Crippen LogP contribution in [0.2, 0.25) is 0 Å². The van der Waals surface area contributed by atoms with E-state index in [-0.39, 0.29) is 0 Å². The van der Waals surface area contributed by atoms with E-state index in [1.165, 1.54) is 7.11 Å². The molecule has 0 heterocycles. The van der Waals surface area contributed by atoms with Crippen LogP contribution < -0.4 is 4.74 Å². The Kier molecular flexibility index (Phi) is 6.12. The lowest BCUT2D eigenvalue weighted by atomic mass is 9.75. The zero-order chi connectivity index (χ0) is 20.0. The van der Waals surface area contributed by atoms with Gasteiger partial charge in [-0.15, -0.1) is 0 Å². The predicted molar refractivity (Wildman–Crippen MR) is 108 cm³/mol. The Morgan fingerprint density at radius 3 is 2.07 bits per heavy atom.